The Bertz CT molecular complexity index is 1010. The Morgan fingerprint density at radius 3 is 2.89 bits per heavy atom. The molecular weight excluding hydrogens is 362 g/mol. The first-order chi connectivity index (χ1) is 13.1. The lowest BCUT2D eigenvalue weighted by Crippen LogP contribution is -2.11. The maximum Gasteiger partial charge on any atom is 0.265 e. The van der Waals surface area contributed by atoms with Crippen molar-refractivity contribution < 1.29 is 9.53 Å². The fourth-order valence-corrected chi connectivity index (χ4v) is 4.04. The van der Waals surface area contributed by atoms with Gasteiger partial charge in [-0.3, -0.25) is 9.59 Å². The molecule has 0 bridgehead atoms. The first-order valence-corrected chi connectivity index (χ1v) is 9.61. The number of rotatable bonds is 4. The molecular formula is C20H19N3O3S. The number of hydrogen-bond acceptors (Lipinski definition) is 5. The molecule has 0 saturated carbocycles. The van der Waals surface area contributed by atoms with Crippen LogP contribution in [0.2, 0.25) is 0 Å². The quantitative estimate of drug-likeness (QED) is 0.718. The zero-order valence-corrected chi connectivity index (χ0v) is 15.6. The van der Waals surface area contributed by atoms with Crippen LogP contribution >= 0.6 is 11.3 Å². The molecule has 7 heteroatoms. The molecule has 1 aromatic carbocycles. The van der Waals surface area contributed by atoms with Gasteiger partial charge in [0.1, 0.15) is 0 Å². The van der Waals surface area contributed by atoms with Gasteiger partial charge in [0.25, 0.3) is 11.5 Å². The molecule has 3 heterocycles. The number of ether oxygens (including phenoxy) is 1. The van der Waals surface area contributed by atoms with Crippen LogP contribution in [0.4, 0.5) is 5.69 Å². The van der Waals surface area contributed by atoms with E-state index in [1.165, 1.54) is 17.4 Å². The predicted molar refractivity (Wildman–Crippen MR) is 105 cm³/mol. The molecule has 1 unspecified atom stereocenters. The molecule has 2 N–H and O–H groups in total. The van der Waals surface area contributed by atoms with Gasteiger partial charge >= 0.3 is 0 Å². The third-order valence-electron chi connectivity index (χ3n) is 4.56. The molecule has 1 fully saturated rings. The first kappa shape index (κ1) is 17.6. The van der Waals surface area contributed by atoms with Crippen LogP contribution in [-0.4, -0.2) is 22.7 Å². The van der Waals surface area contributed by atoms with Crippen LogP contribution in [0.3, 0.4) is 0 Å². The van der Waals surface area contributed by atoms with Gasteiger partial charge in [-0.2, -0.15) is 5.10 Å². The molecule has 27 heavy (non-hydrogen) atoms. The minimum absolute atomic E-state index is 0.118. The van der Waals surface area contributed by atoms with Crippen molar-refractivity contribution in [3.63, 3.8) is 0 Å². The normalized spacial score (nSPS) is 16.4. The number of hydrogen-bond donors (Lipinski definition) is 2. The first-order valence-electron chi connectivity index (χ1n) is 8.79. The van der Waals surface area contributed by atoms with Gasteiger partial charge in [0.2, 0.25) is 0 Å². The number of benzene rings is 1. The standard InChI is InChI=1S/C20H19N3O3S/c1-12-4-5-13(14-6-9-19(24)23-22-14)11-15(12)21-20(25)18-8-7-17(27-18)16-3-2-10-26-16/h4-9,11,16H,2-3,10H2,1H3,(H,21,25)(H,23,24). The van der Waals surface area contributed by atoms with E-state index in [1.54, 1.807) is 6.07 Å². The molecule has 1 amide bonds. The lowest BCUT2D eigenvalue weighted by atomic mass is 10.1. The number of carbonyl (C=O) groups excluding carboxylic acids is 1. The van der Waals surface area contributed by atoms with E-state index in [2.05, 4.69) is 15.5 Å². The average Bonchev–Trinajstić information content (AvgIpc) is 3.36. The van der Waals surface area contributed by atoms with Gasteiger partial charge in [0.05, 0.1) is 16.7 Å². The number of thiophene rings is 1. The number of carbonyl (C=O) groups is 1. The summed E-state index contributed by atoms with van der Waals surface area (Å²) in [6.45, 7) is 2.72. The SMILES string of the molecule is Cc1ccc(-c2ccc(=O)[nH]n2)cc1NC(=O)c1ccc(C2CCCO2)s1. The summed E-state index contributed by atoms with van der Waals surface area (Å²) in [5, 5.41) is 9.45. The second-order valence-corrected chi connectivity index (χ2v) is 7.61. The average molecular weight is 381 g/mol. The summed E-state index contributed by atoms with van der Waals surface area (Å²) in [5.41, 5.74) is 2.88. The number of nitrogens with one attached hydrogen (secondary N) is 2. The van der Waals surface area contributed by atoms with Crippen LogP contribution in [0, 0.1) is 6.92 Å². The van der Waals surface area contributed by atoms with Crippen molar-refractivity contribution in [1.82, 2.24) is 10.2 Å². The monoisotopic (exact) mass is 381 g/mol. The Kier molecular flexibility index (Phi) is 4.87. The number of aromatic nitrogens is 2. The van der Waals surface area contributed by atoms with E-state index in [1.807, 2.05) is 37.3 Å². The maximum absolute atomic E-state index is 12.7. The van der Waals surface area contributed by atoms with Crippen molar-refractivity contribution in [2.75, 3.05) is 11.9 Å². The molecule has 138 valence electrons. The van der Waals surface area contributed by atoms with Crippen molar-refractivity contribution in [1.29, 1.82) is 0 Å². The topological polar surface area (TPSA) is 84.1 Å². The molecule has 0 aliphatic carbocycles. The van der Waals surface area contributed by atoms with Gasteiger partial charge in [-0.15, -0.1) is 11.3 Å². The fraction of sp³-hybridized carbons (Fsp3) is 0.250. The molecule has 2 aromatic heterocycles. The lowest BCUT2D eigenvalue weighted by Gasteiger charge is -2.10. The minimum atomic E-state index is -0.251. The van der Waals surface area contributed by atoms with Crippen LogP contribution < -0.4 is 10.9 Å². The number of amides is 1. The highest BCUT2D eigenvalue weighted by Crippen LogP contribution is 2.33. The molecule has 1 aliphatic heterocycles. The van der Waals surface area contributed by atoms with E-state index in [0.29, 0.717) is 10.6 Å². The molecule has 0 spiro atoms. The zero-order chi connectivity index (χ0) is 18.8. The Labute approximate surface area is 160 Å². The van der Waals surface area contributed by atoms with Crippen LogP contribution in [0.15, 0.2) is 47.3 Å². The van der Waals surface area contributed by atoms with Crippen LogP contribution in [0.25, 0.3) is 11.3 Å². The van der Waals surface area contributed by atoms with E-state index in [9.17, 15) is 9.59 Å². The highest BCUT2D eigenvalue weighted by molar-refractivity contribution is 7.14. The van der Waals surface area contributed by atoms with Crippen molar-refractivity contribution >= 4 is 22.9 Å². The third kappa shape index (κ3) is 3.84. The molecule has 1 saturated heterocycles. The fourth-order valence-electron chi connectivity index (χ4n) is 3.06. The van der Waals surface area contributed by atoms with Gasteiger partial charge in [0.15, 0.2) is 0 Å². The molecule has 0 radical (unpaired) electrons. The summed E-state index contributed by atoms with van der Waals surface area (Å²) in [6, 6.07) is 12.6. The Morgan fingerprint density at radius 1 is 1.26 bits per heavy atom. The van der Waals surface area contributed by atoms with Crippen molar-refractivity contribution in [2.24, 2.45) is 0 Å². The van der Waals surface area contributed by atoms with Crippen molar-refractivity contribution in [3.05, 3.63) is 68.1 Å². The number of anilines is 1. The number of aryl methyl sites for hydroxylation is 1. The van der Waals surface area contributed by atoms with E-state index in [-0.39, 0.29) is 17.6 Å². The smallest absolute Gasteiger partial charge is 0.265 e. The van der Waals surface area contributed by atoms with Crippen molar-refractivity contribution in [3.8, 4) is 11.3 Å². The molecule has 1 atom stereocenters. The zero-order valence-electron chi connectivity index (χ0n) is 14.8. The minimum Gasteiger partial charge on any atom is -0.373 e. The van der Waals surface area contributed by atoms with Gasteiger partial charge in [-0.25, -0.2) is 5.10 Å². The second kappa shape index (κ2) is 7.46. The molecule has 6 nitrogen and oxygen atoms in total. The van der Waals surface area contributed by atoms with E-state index in [0.717, 1.165) is 41.1 Å². The molecule has 1 aliphatic rings. The van der Waals surface area contributed by atoms with Crippen molar-refractivity contribution in [2.45, 2.75) is 25.9 Å². The summed E-state index contributed by atoms with van der Waals surface area (Å²) in [6.07, 6.45) is 2.19. The Hall–Kier alpha value is -2.77. The Morgan fingerprint density at radius 2 is 2.15 bits per heavy atom. The Balaban J connectivity index is 1.54. The number of H-pyrrole nitrogens is 1. The highest BCUT2D eigenvalue weighted by Gasteiger charge is 2.21. The largest absolute Gasteiger partial charge is 0.373 e. The third-order valence-corrected chi connectivity index (χ3v) is 5.73. The summed E-state index contributed by atoms with van der Waals surface area (Å²) >= 11 is 1.48. The van der Waals surface area contributed by atoms with Crippen LogP contribution in [0.5, 0.6) is 0 Å². The van der Waals surface area contributed by atoms with E-state index >= 15 is 0 Å². The number of nitrogens with zero attached hydrogens (tertiary/aromatic N) is 1. The van der Waals surface area contributed by atoms with E-state index in [4.69, 9.17) is 4.74 Å². The lowest BCUT2D eigenvalue weighted by molar-refractivity contribution is 0.103. The van der Waals surface area contributed by atoms with Gasteiger partial charge in [-0.05, 0) is 49.6 Å². The second-order valence-electron chi connectivity index (χ2n) is 6.49. The van der Waals surface area contributed by atoms with Gasteiger partial charge < -0.3 is 10.1 Å². The number of aromatic amines is 1. The maximum atomic E-state index is 12.7. The van der Waals surface area contributed by atoms with Gasteiger partial charge in [0, 0.05) is 28.8 Å². The summed E-state index contributed by atoms with van der Waals surface area (Å²) in [4.78, 5) is 25.6. The van der Waals surface area contributed by atoms with E-state index < -0.39 is 0 Å². The van der Waals surface area contributed by atoms with Crippen LogP contribution in [0.1, 0.15) is 39.1 Å². The summed E-state index contributed by atoms with van der Waals surface area (Å²) < 4.78 is 5.69. The highest BCUT2D eigenvalue weighted by atomic mass is 32.1. The van der Waals surface area contributed by atoms with Gasteiger partial charge in [-0.1, -0.05) is 12.1 Å². The van der Waals surface area contributed by atoms with Crippen LogP contribution in [-0.2, 0) is 4.74 Å². The summed E-state index contributed by atoms with van der Waals surface area (Å²) in [5.74, 6) is -0.140. The molecule has 4 rings (SSSR count). The molecule has 3 aromatic rings. The predicted octanol–water partition coefficient (Wildman–Crippen LogP) is 3.91. The summed E-state index contributed by atoms with van der Waals surface area (Å²) in [7, 11) is 0.